The van der Waals surface area contributed by atoms with Crippen molar-refractivity contribution < 1.29 is 27.5 Å². The lowest BCUT2D eigenvalue weighted by Gasteiger charge is -2.42. The second-order valence-electron chi connectivity index (χ2n) is 3.50. The van der Waals surface area contributed by atoms with Crippen LogP contribution in [0.3, 0.4) is 0 Å². The van der Waals surface area contributed by atoms with Gasteiger partial charge in [-0.1, -0.05) is 0 Å². The Morgan fingerprint density at radius 3 is 2.20 bits per heavy atom. The summed E-state index contributed by atoms with van der Waals surface area (Å²) in [7, 11) is 0. The van der Waals surface area contributed by atoms with Gasteiger partial charge in [-0.25, -0.2) is 0 Å². The van der Waals surface area contributed by atoms with Crippen molar-refractivity contribution in [3.8, 4) is 0 Å². The quantitative estimate of drug-likeness (QED) is 0.708. The number of carbonyl (C=O) groups is 2. The molecule has 1 aliphatic rings. The van der Waals surface area contributed by atoms with Gasteiger partial charge in [0, 0.05) is 0 Å². The first-order valence-corrected chi connectivity index (χ1v) is 4.22. The number of alkyl halides is 3. The Labute approximate surface area is 83.8 Å². The van der Waals surface area contributed by atoms with E-state index >= 15 is 0 Å². The molecule has 1 fully saturated rings. The fraction of sp³-hybridized carbons (Fsp3) is 0.750. The van der Waals surface area contributed by atoms with Crippen molar-refractivity contribution in [3.63, 3.8) is 0 Å². The zero-order valence-electron chi connectivity index (χ0n) is 7.98. The number of nitrogens with one attached hydrogen (secondary N) is 1. The van der Waals surface area contributed by atoms with E-state index in [0.29, 0.717) is 0 Å². The summed E-state index contributed by atoms with van der Waals surface area (Å²) in [5.41, 5.74) is -2.31. The maximum absolute atomic E-state index is 12.5. The van der Waals surface area contributed by atoms with Crippen LogP contribution in [0.4, 0.5) is 13.2 Å². The van der Waals surface area contributed by atoms with Crippen LogP contribution in [0.1, 0.15) is 13.3 Å². The predicted molar refractivity (Wildman–Crippen MR) is 43.0 cm³/mol. The van der Waals surface area contributed by atoms with Crippen LogP contribution in [0.5, 0.6) is 0 Å². The van der Waals surface area contributed by atoms with E-state index in [4.69, 9.17) is 0 Å². The minimum absolute atomic E-state index is 0.481. The Morgan fingerprint density at radius 2 is 1.93 bits per heavy atom. The highest BCUT2D eigenvalue weighted by Crippen LogP contribution is 2.36. The lowest BCUT2D eigenvalue weighted by molar-refractivity contribution is -0.266. The zero-order valence-corrected chi connectivity index (χ0v) is 7.98. The molecular weight excluding hydrogens is 215 g/mol. The molecule has 1 amide bonds. The Hall–Kier alpha value is -1.11. The van der Waals surface area contributed by atoms with E-state index in [0.717, 1.165) is 6.92 Å². The summed E-state index contributed by atoms with van der Waals surface area (Å²) < 4.78 is 41.9. The van der Waals surface area contributed by atoms with Crippen LogP contribution in [0, 0.1) is 0 Å². The smallest absolute Gasteiger partial charge is 0.376 e. The molecule has 0 bridgehead atoms. The molecule has 0 saturated carbocycles. The molecule has 7 heteroatoms. The molecule has 0 aromatic rings. The Balaban J connectivity index is 2.62. The maximum Gasteiger partial charge on any atom is 0.416 e. The van der Waals surface area contributed by atoms with Crippen molar-refractivity contribution in [1.82, 2.24) is 5.32 Å². The summed E-state index contributed by atoms with van der Waals surface area (Å²) in [6.07, 6.45) is -5.10. The molecule has 0 atom stereocenters. The molecule has 0 radical (unpaired) electrons. The van der Waals surface area contributed by atoms with Crippen LogP contribution >= 0.6 is 0 Å². The average molecular weight is 225 g/mol. The van der Waals surface area contributed by atoms with Gasteiger partial charge in [0.1, 0.15) is 5.78 Å². The highest BCUT2D eigenvalue weighted by Gasteiger charge is 2.61. The summed E-state index contributed by atoms with van der Waals surface area (Å²) in [6.45, 7) is -0.0581. The fourth-order valence-electron chi connectivity index (χ4n) is 1.15. The van der Waals surface area contributed by atoms with Gasteiger partial charge in [0.15, 0.2) is 5.54 Å². The molecule has 4 nitrogen and oxygen atoms in total. The van der Waals surface area contributed by atoms with Crippen molar-refractivity contribution in [2.24, 2.45) is 0 Å². The van der Waals surface area contributed by atoms with E-state index in [9.17, 15) is 22.8 Å². The second-order valence-corrected chi connectivity index (χ2v) is 3.50. The number of halogens is 3. The third kappa shape index (κ3) is 2.47. The number of Topliss-reactive ketones (excluding diaryl/α,β-unsaturated/α-hetero) is 1. The van der Waals surface area contributed by atoms with E-state index in [-0.39, 0.29) is 0 Å². The molecule has 0 unspecified atom stereocenters. The van der Waals surface area contributed by atoms with Gasteiger partial charge < -0.3 is 10.1 Å². The van der Waals surface area contributed by atoms with E-state index in [1.807, 2.05) is 0 Å². The molecule has 0 aliphatic carbocycles. The lowest BCUT2D eigenvalue weighted by Crippen LogP contribution is -2.70. The van der Waals surface area contributed by atoms with Crippen LogP contribution < -0.4 is 5.32 Å². The predicted octanol–water partition coefficient (Wildman–Crippen LogP) is 0.413. The van der Waals surface area contributed by atoms with Crippen molar-refractivity contribution >= 4 is 11.7 Å². The molecule has 1 saturated heterocycles. The SMILES string of the molecule is CC(=O)CC(=O)NC1(C(F)(F)F)COC1. The monoisotopic (exact) mass is 225 g/mol. The van der Waals surface area contributed by atoms with E-state index in [1.165, 1.54) is 0 Å². The van der Waals surface area contributed by atoms with Gasteiger partial charge in [-0.05, 0) is 6.92 Å². The van der Waals surface area contributed by atoms with E-state index in [1.54, 1.807) is 5.32 Å². The van der Waals surface area contributed by atoms with Crippen LogP contribution in [0.15, 0.2) is 0 Å². The van der Waals surface area contributed by atoms with E-state index < -0.39 is 43.0 Å². The molecule has 0 aromatic carbocycles. The first-order valence-electron chi connectivity index (χ1n) is 4.22. The molecule has 0 aromatic heterocycles. The highest BCUT2D eigenvalue weighted by atomic mass is 19.4. The summed E-state index contributed by atoms with van der Waals surface area (Å²) in [5.74, 6) is -1.41. The number of hydrogen-bond donors (Lipinski definition) is 1. The topological polar surface area (TPSA) is 55.4 Å². The van der Waals surface area contributed by atoms with Gasteiger partial charge in [0.25, 0.3) is 0 Å². The van der Waals surface area contributed by atoms with Gasteiger partial charge in [-0.3, -0.25) is 9.59 Å². The normalized spacial score (nSPS) is 19.2. The first-order chi connectivity index (χ1) is 6.77. The zero-order chi connectivity index (χ0) is 11.7. The highest BCUT2D eigenvalue weighted by molar-refractivity contribution is 5.97. The molecule has 86 valence electrons. The van der Waals surface area contributed by atoms with Crippen molar-refractivity contribution in [1.29, 1.82) is 0 Å². The summed E-state index contributed by atoms with van der Waals surface area (Å²) in [4.78, 5) is 21.5. The van der Waals surface area contributed by atoms with Crippen LogP contribution in [-0.4, -0.2) is 36.6 Å². The van der Waals surface area contributed by atoms with Crippen LogP contribution in [0.2, 0.25) is 0 Å². The van der Waals surface area contributed by atoms with Crippen molar-refractivity contribution in [3.05, 3.63) is 0 Å². The lowest BCUT2D eigenvalue weighted by atomic mass is 9.96. The van der Waals surface area contributed by atoms with Gasteiger partial charge in [0.05, 0.1) is 19.6 Å². The molecule has 1 rings (SSSR count). The number of ketones is 1. The van der Waals surface area contributed by atoms with Crippen LogP contribution in [0.25, 0.3) is 0 Å². The Morgan fingerprint density at radius 1 is 1.40 bits per heavy atom. The molecular formula is C8H10F3NO3. The van der Waals surface area contributed by atoms with Crippen molar-refractivity contribution in [2.75, 3.05) is 13.2 Å². The molecule has 1 heterocycles. The Kier molecular flexibility index (Phi) is 3.03. The van der Waals surface area contributed by atoms with Crippen molar-refractivity contribution in [2.45, 2.75) is 25.1 Å². The number of amides is 1. The minimum atomic E-state index is -4.56. The fourth-order valence-corrected chi connectivity index (χ4v) is 1.15. The number of carbonyl (C=O) groups excluding carboxylic acids is 2. The molecule has 1 aliphatic heterocycles. The third-order valence-corrected chi connectivity index (χ3v) is 2.03. The van der Waals surface area contributed by atoms with Crippen LogP contribution in [-0.2, 0) is 14.3 Å². The largest absolute Gasteiger partial charge is 0.416 e. The second kappa shape index (κ2) is 3.80. The van der Waals surface area contributed by atoms with Gasteiger partial charge in [-0.15, -0.1) is 0 Å². The minimum Gasteiger partial charge on any atom is -0.376 e. The maximum atomic E-state index is 12.5. The van der Waals surface area contributed by atoms with E-state index in [2.05, 4.69) is 4.74 Å². The van der Waals surface area contributed by atoms with Gasteiger partial charge in [-0.2, -0.15) is 13.2 Å². The number of hydrogen-bond acceptors (Lipinski definition) is 3. The Bertz CT molecular complexity index is 283. The average Bonchev–Trinajstić information content (AvgIpc) is 1.92. The standard InChI is InChI=1S/C8H10F3NO3/c1-5(13)2-6(14)12-7(3-15-4-7)8(9,10)11/h2-4H2,1H3,(H,12,14). The number of ether oxygens (including phenoxy) is 1. The first kappa shape index (κ1) is 12.0. The summed E-state index contributed by atoms with van der Waals surface area (Å²) in [5, 5.41) is 1.79. The molecule has 1 N–H and O–H groups in total. The third-order valence-electron chi connectivity index (χ3n) is 2.03. The molecule has 0 spiro atoms. The van der Waals surface area contributed by atoms with Gasteiger partial charge >= 0.3 is 6.18 Å². The number of rotatable bonds is 3. The molecule has 15 heavy (non-hydrogen) atoms. The van der Waals surface area contributed by atoms with Gasteiger partial charge in [0.2, 0.25) is 5.91 Å². The summed E-state index contributed by atoms with van der Waals surface area (Å²) >= 11 is 0. The summed E-state index contributed by atoms with van der Waals surface area (Å²) in [6, 6.07) is 0.